The Kier molecular flexibility index (Phi) is 5.17. The lowest BCUT2D eigenvalue weighted by Gasteiger charge is -2.15. The van der Waals surface area contributed by atoms with Crippen LogP contribution in [-0.2, 0) is 11.2 Å². The molecule has 1 aromatic rings. The molecular formula is C14H16BrFN2O3. The van der Waals surface area contributed by atoms with Crippen LogP contribution in [0.2, 0.25) is 0 Å². The molecule has 0 heterocycles. The second kappa shape index (κ2) is 6.89. The van der Waals surface area contributed by atoms with Crippen molar-refractivity contribution in [1.29, 1.82) is 0 Å². The highest BCUT2D eigenvalue weighted by molar-refractivity contribution is 9.10. The molecule has 1 aromatic carbocycles. The lowest BCUT2D eigenvalue weighted by Crippen LogP contribution is -2.37. The van der Waals surface area contributed by atoms with E-state index in [1.165, 1.54) is 6.07 Å². The van der Waals surface area contributed by atoms with Crippen molar-refractivity contribution < 1.29 is 19.1 Å². The van der Waals surface area contributed by atoms with Gasteiger partial charge in [-0.3, -0.25) is 4.79 Å². The molecule has 0 aliphatic heterocycles. The molecule has 0 saturated carbocycles. The largest absolute Gasteiger partial charge is 0.481 e. The molecule has 114 valence electrons. The Bertz CT molecular complexity index is 565. The number of hydrogen-bond donors (Lipinski definition) is 3. The molecular weight excluding hydrogens is 343 g/mol. The number of carbonyl (C=O) groups excluding carboxylic acids is 1. The first-order chi connectivity index (χ1) is 9.99. The Labute approximate surface area is 130 Å². The predicted molar refractivity (Wildman–Crippen MR) is 78.6 cm³/mol. The maximum Gasteiger partial charge on any atom is 0.315 e. The molecule has 1 atom stereocenters. The van der Waals surface area contributed by atoms with Gasteiger partial charge >= 0.3 is 12.0 Å². The summed E-state index contributed by atoms with van der Waals surface area (Å²) in [5.41, 5.74) is 1.81. The molecule has 2 rings (SSSR count). The zero-order valence-corrected chi connectivity index (χ0v) is 12.9. The van der Waals surface area contributed by atoms with E-state index in [9.17, 15) is 14.0 Å². The summed E-state index contributed by atoms with van der Waals surface area (Å²) < 4.78 is 13.9. The van der Waals surface area contributed by atoms with Crippen molar-refractivity contribution in [1.82, 2.24) is 10.6 Å². The molecule has 0 bridgehead atoms. The van der Waals surface area contributed by atoms with Crippen LogP contribution < -0.4 is 10.6 Å². The van der Waals surface area contributed by atoms with Crippen LogP contribution in [0.25, 0.3) is 0 Å². The second-order valence-electron chi connectivity index (χ2n) is 4.92. The SMILES string of the molecule is O=C(O)CCCNC(=O)NC1CCc2c1ccc(F)c2Br. The molecule has 21 heavy (non-hydrogen) atoms. The van der Waals surface area contributed by atoms with Crippen LogP contribution in [0.5, 0.6) is 0 Å². The van der Waals surface area contributed by atoms with E-state index in [4.69, 9.17) is 5.11 Å². The number of amides is 2. The zero-order valence-electron chi connectivity index (χ0n) is 11.3. The minimum absolute atomic E-state index is 0.0266. The number of urea groups is 1. The number of halogens is 2. The van der Waals surface area contributed by atoms with Crippen LogP contribution in [-0.4, -0.2) is 23.7 Å². The average Bonchev–Trinajstić information content (AvgIpc) is 2.82. The number of carboxylic acids is 1. The van der Waals surface area contributed by atoms with Gasteiger partial charge in [0.05, 0.1) is 10.5 Å². The Hall–Kier alpha value is -1.63. The Balaban J connectivity index is 1.87. The second-order valence-corrected chi connectivity index (χ2v) is 5.71. The third-order valence-electron chi connectivity index (χ3n) is 3.45. The Morgan fingerprint density at radius 2 is 2.19 bits per heavy atom. The van der Waals surface area contributed by atoms with Gasteiger partial charge in [0.1, 0.15) is 5.82 Å². The predicted octanol–water partition coefficient (Wildman–Crippen LogP) is 2.74. The quantitative estimate of drug-likeness (QED) is 0.708. The fraction of sp³-hybridized carbons (Fsp3) is 0.429. The van der Waals surface area contributed by atoms with Crippen LogP contribution in [0, 0.1) is 5.82 Å². The van der Waals surface area contributed by atoms with E-state index >= 15 is 0 Å². The lowest BCUT2D eigenvalue weighted by molar-refractivity contribution is -0.137. The molecule has 0 aromatic heterocycles. The van der Waals surface area contributed by atoms with Crippen molar-refractivity contribution in [3.05, 3.63) is 33.5 Å². The number of rotatable bonds is 5. The minimum Gasteiger partial charge on any atom is -0.481 e. The molecule has 0 radical (unpaired) electrons. The fourth-order valence-corrected chi connectivity index (χ4v) is 2.99. The minimum atomic E-state index is -0.881. The first kappa shape index (κ1) is 15.8. The van der Waals surface area contributed by atoms with Gasteiger partial charge < -0.3 is 15.7 Å². The van der Waals surface area contributed by atoms with Gasteiger partial charge in [-0.1, -0.05) is 6.07 Å². The van der Waals surface area contributed by atoms with Crippen LogP contribution in [0.1, 0.15) is 36.4 Å². The number of fused-ring (bicyclic) bond motifs is 1. The first-order valence-corrected chi connectivity index (χ1v) is 7.51. The van der Waals surface area contributed by atoms with E-state index in [2.05, 4.69) is 26.6 Å². The van der Waals surface area contributed by atoms with Crippen LogP contribution in [0.4, 0.5) is 9.18 Å². The molecule has 0 fully saturated rings. The van der Waals surface area contributed by atoms with Crippen molar-refractivity contribution in [2.24, 2.45) is 0 Å². The third kappa shape index (κ3) is 3.93. The summed E-state index contributed by atoms with van der Waals surface area (Å²) in [5, 5.41) is 14.0. The number of carbonyl (C=O) groups is 2. The Morgan fingerprint density at radius 3 is 2.90 bits per heavy atom. The topological polar surface area (TPSA) is 78.4 Å². The number of carboxylic acid groups (broad SMARTS) is 1. The fourth-order valence-electron chi connectivity index (χ4n) is 2.43. The van der Waals surface area contributed by atoms with E-state index in [1.807, 2.05) is 0 Å². The highest BCUT2D eigenvalue weighted by Gasteiger charge is 2.26. The van der Waals surface area contributed by atoms with Crippen molar-refractivity contribution in [3.8, 4) is 0 Å². The van der Waals surface area contributed by atoms with Crippen LogP contribution in [0.3, 0.4) is 0 Å². The van der Waals surface area contributed by atoms with E-state index in [0.717, 1.165) is 17.5 Å². The van der Waals surface area contributed by atoms with E-state index in [1.54, 1.807) is 6.07 Å². The van der Waals surface area contributed by atoms with E-state index in [-0.39, 0.29) is 24.3 Å². The van der Waals surface area contributed by atoms with Crippen molar-refractivity contribution in [3.63, 3.8) is 0 Å². The summed E-state index contributed by atoms with van der Waals surface area (Å²) in [4.78, 5) is 22.1. The number of benzene rings is 1. The maximum absolute atomic E-state index is 13.4. The smallest absolute Gasteiger partial charge is 0.315 e. The van der Waals surface area contributed by atoms with Crippen molar-refractivity contribution in [2.45, 2.75) is 31.7 Å². The molecule has 5 nitrogen and oxygen atoms in total. The van der Waals surface area contributed by atoms with Crippen molar-refractivity contribution in [2.75, 3.05) is 6.54 Å². The van der Waals surface area contributed by atoms with Gasteiger partial charge in [-0.2, -0.15) is 0 Å². The van der Waals surface area contributed by atoms with Gasteiger partial charge in [-0.15, -0.1) is 0 Å². The number of aliphatic carboxylic acids is 1. The summed E-state index contributed by atoms with van der Waals surface area (Å²) in [6, 6.07) is 2.60. The highest BCUT2D eigenvalue weighted by atomic mass is 79.9. The monoisotopic (exact) mass is 358 g/mol. The molecule has 2 amide bonds. The maximum atomic E-state index is 13.4. The van der Waals surface area contributed by atoms with Gasteiger partial charge in [0.15, 0.2) is 0 Å². The molecule has 1 aliphatic rings. The average molecular weight is 359 g/mol. The summed E-state index contributed by atoms with van der Waals surface area (Å²) in [7, 11) is 0. The van der Waals surface area contributed by atoms with E-state index in [0.29, 0.717) is 23.9 Å². The number of nitrogens with one attached hydrogen (secondary N) is 2. The normalized spacial score (nSPS) is 16.4. The van der Waals surface area contributed by atoms with Gasteiger partial charge in [0, 0.05) is 13.0 Å². The summed E-state index contributed by atoms with van der Waals surface area (Å²) >= 11 is 3.23. The van der Waals surface area contributed by atoms with E-state index < -0.39 is 5.97 Å². The molecule has 7 heteroatoms. The summed E-state index contributed by atoms with van der Waals surface area (Å²) in [6.45, 7) is 0.310. The Morgan fingerprint density at radius 1 is 1.43 bits per heavy atom. The molecule has 1 aliphatic carbocycles. The third-order valence-corrected chi connectivity index (χ3v) is 4.31. The molecule has 1 unspecified atom stereocenters. The zero-order chi connectivity index (χ0) is 15.4. The van der Waals surface area contributed by atoms with Gasteiger partial charge in [0.2, 0.25) is 0 Å². The van der Waals surface area contributed by atoms with Crippen LogP contribution in [0.15, 0.2) is 16.6 Å². The van der Waals surface area contributed by atoms with Gasteiger partial charge in [0.25, 0.3) is 0 Å². The summed E-state index contributed by atoms with van der Waals surface area (Å²) in [5.74, 6) is -1.18. The van der Waals surface area contributed by atoms with Gasteiger partial charge in [-0.05, 0) is 52.4 Å². The molecule has 3 N–H and O–H groups in total. The molecule has 0 saturated heterocycles. The highest BCUT2D eigenvalue weighted by Crippen LogP contribution is 2.36. The first-order valence-electron chi connectivity index (χ1n) is 6.72. The van der Waals surface area contributed by atoms with Crippen LogP contribution >= 0.6 is 15.9 Å². The van der Waals surface area contributed by atoms with Crippen molar-refractivity contribution >= 4 is 27.9 Å². The standard InChI is InChI=1S/C14H16BrFN2O3/c15-13-9-4-6-11(8(9)3-5-10(13)16)18-14(21)17-7-1-2-12(19)20/h3,5,11H,1-2,4,6-7H2,(H,19,20)(H2,17,18,21). The van der Waals surface area contributed by atoms with Gasteiger partial charge in [-0.25, -0.2) is 9.18 Å². The lowest BCUT2D eigenvalue weighted by atomic mass is 10.1. The molecule has 0 spiro atoms. The summed E-state index contributed by atoms with van der Waals surface area (Å²) in [6.07, 6.45) is 1.84. The number of hydrogen-bond acceptors (Lipinski definition) is 2.